The third-order valence-corrected chi connectivity index (χ3v) is 4.43. The van der Waals surface area contributed by atoms with Crippen LogP contribution in [0.5, 0.6) is 5.75 Å². The lowest BCUT2D eigenvalue weighted by Crippen LogP contribution is -2.19. The van der Waals surface area contributed by atoms with E-state index in [1.807, 2.05) is 31.3 Å². The summed E-state index contributed by atoms with van der Waals surface area (Å²) < 4.78 is 8.74. The third-order valence-electron chi connectivity index (χ3n) is 4.43. The van der Waals surface area contributed by atoms with E-state index in [0.29, 0.717) is 0 Å². The van der Waals surface area contributed by atoms with Crippen LogP contribution in [0.15, 0.2) is 47.3 Å². The predicted molar refractivity (Wildman–Crippen MR) is 96.6 cm³/mol. The zero-order valence-corrected chi connectivity index (χ0v) is 14.4. The molecule has 3 rings (SSSR count). The molecule has 0 fully saturated rings. The Morgan fingerprint density at radius 2 is 1.79 bits per heavy atom. The Bertz CT molecular complexity index is 909. The average molecular weight is 325 g/mol. The van der Waals surface area contributed by atoms with Gasteiger partial charge in [-0.05, 0) is 42.3 Å². The Morgan fingerprint density at radius 3 is 2.58 bits per heavy atom. The molecule has 1 N–H and O–H groups in total. The number of nitrogens with zero attached hydrogens (tertiary/aromatic N) is 2. The summed E-state index contributed by atoms with van der Waals surface area (Å²) in [6.45, 7) is 1.64. The van der Waals surface area contributed by atoms with Crippen molar-refractivity contribution in [1.82, 2.24) is 14.5 Å². The summed E-state index contributed by atoms with van der Waals surface area (Å²) in [5, 5.41) is 3.46. The molecule has 5 heteroatoms. The summed E-state index contributed by atoms with van der Waals surface area (Å²) >= 11 is 0. The number of benzene rings is 2. The second-order valence-electron chi connectivity index (χ2n) is 5.96. The van der Waals surface area contributed by atoms with Gasteiger partial charge in [-0.3, -0.25) is 9.13 Å². The maximum Gasteiger partial charge on any atom is 0.328 e. The molecular weight excluding hydrogens is 302 g/mol. The fraction of sp³-hybridized carbons (Fsp3) is 0.316. The van der Waals surface area contributed by atoms with Crippen LogP contribution in [0.3, 0.4) is 0 Å². The van der Waals surface area contributed by atoms with Gasteiger partial charge in [-0.25, -0.2) is 4.79 Å². The van der Waals surface area contributed by atoms with Gasteiger partial charge in [0.15, 0.2) is 0 Å². The number of aryl methyl sites for hydroxylation is 2. The molecule has 0 bridgehead atoms. The molecule has 0 unspecified atom stereocenters. The average Bonchev–Trinajstić information content (AvgIpc) is 2.83. The Morgan fingerprint density at radius 1 is 1.04 bits per heavy atom. The van der Waals surface area contributed by atoms with Crippen molar-refractivity contribution in [2.75, 3.05) is 13.7 Å². The van der Waals surface area contributed by atoms with Crippen molar-refractivity contribution in [3.8, 4) is 5.75 Å². The number of methoxy groups -OCH3 is 1. The van der Waals surface area contributed by atoms with E-state index in [0.717, 1.165) is 36.3 Å². The number of rotatable bonds is 6. The molecule has 0 aliphatic rings. The largest absolute Gasteiger partial charge is 0.496 e. The van der Waals surface area contributed by atoms with Crippen LogP contribution in [0.4, 0.5) is 0 Å². The number of para-hydroxylation sites is 1. The van der Waals surface area contributed by atoms with E-state index < -0.39 is 0 Å². The zero-order chi connectivity index (χ0) is 17.1. The summed E-state index contributed by atoms with van der Waals surface area (Å²) in [5.74, 6) is 0.931. The van der Waals surface area contributed by atoms with Crippen LogP contribution in [0.2, 0.25) is 0 Å². The third kappa shape index (κ3) is 3.08. The highest BCUT2D eigenvalue weighted by Crippen LogP contribution is 2.17. The number of fused-ring (bicyclic) bond motifs is 1. The fourth-order valence-electron chi connectivity index (χ4n) is 3.03. The Hall–Kier alpha value is -2.53. The zero-order valence-electron chi connectivity index (χ0n) is 14.4. The molecule has 1 heterocycles. The molecule has 24 heavy (non-hydrogen) atoms. The molecule has 0 aliphatic heterocycles. The molecule has 0 aliphatic carbocycles. The minimum absolute atomic E-state index is 0.00582. The molecular formula is C19H23N3O2. The highest BCUT2D eigenvalue weighted by Gasteiger charge is 2.08. The van der Waals surface area contributed by atoms with Gasteiger partial charge in [0.05, 0.1) is 18.1 Å². The van der Waals surface area contributed by atoms with Gasteiger partial charge in [-0.15, -0.1) is 0 Å². The number of ether oxygens (including phenoxy) is 1. The minimum Gasteiger partial charge on any atom is -0.496 e. The fourth-order valence-corrected chi connectivity index (χ4v) is 3.03. The van der Waals surface area contributed by atoms with E-state index in [9.17, 15) is 4.79 Å². The summed E-state index contributed by atoms with van der Waals surface area (Å²) in [4.78, 5) is 12.0. The van der Waals surface area contributed by atoms with Crippen molar-refractivity contribution in [3.05, 3.63) is 64.1 Å². The van der Waals surface area contributed by atoms with Gasteiger partial charge in [0.25, 0.3) is 0 Å². The molecule has 0 atom stereocenters. The quantitative estimate of drug-likeness (QED) is 0.707. The molecule has 1 aromatic heterocycles. The first kappa shape index (κ1) is 16.3. The molecule has 0 radical (unpaired) electrons. The smallest absolute Gasteiger partial charge is 0.328 e. The van der Waals surface area contributed by atoms with Crippen LogP contribution < -0.4 is 15.7 Å². The summed E-state index contributed by atoms with van der Waals surface area (Å²) in [5.41, 5.74) is 4.30. The van der Waals surface area contributed by atoms with Gasteiger partial charge in [-0.1, -0.05) is 24.3 Å². The molecule has 0 saturated heterocycles. The second-order valence-corrected chi connectivity index (χ2v) is 5.96. The van der Waals surface area contributed by atoms with Crippen molar-refractivity contribution < 1.29 is 4.74 Å². The lowest BCUT2D eigenvalue weighted by Gasteiger charge is -2.09. The van der Waals surface area contributed by atoms with Crippen molar-refractivity contribution in [2.24, 2.45) is 14.1 Å². The standard InChI is InChI=1S/C19H23N3O2/c1-21-16-9-8-14(12-17(16)22(2)19(21)23)13-20-11-10-15-6-4-5-7-18(15)24-3/h4-9,12,20H,10-11,13H2,1-3H3. The SMILES string of the molecule is COc1ccccc1CCNCc1ccc2c(c1)n(C)c(=O)n2C. The molecule has 5 nitrogen and oxygen atoms in total. The minimum atomic E-state index is 0.00582. The van der Waals surface area contributed by atoms with Crippen molar-refractivity contribution in [2.45, 2.75) is 13.0 Å². The number of aromatic nitrogens is 2. The summed E-state index contributed by atoms with van der Waals surface area (Å²) in [6, 6.07) is 14.2. The maximum atomic E-state index is 12.0. The first-order valence-electron chi connectivity index (χ1n) is 8.08. The second kappa shape index (κ2) is 6.93. The summed E-state index contributed by atoms with van der Waals surface area (Å²) in [7, 11) is 5.31. The molecule has 0 spiro atoms. The molecule has 0 amide bonds. The molecule has 126 valence electrons. The van der Waals surface area contributed by atoms with Gasteiger partial charge in [0.1, 0.15) is 5.75 Å². The molecule has 3 aromatic rings. The summed E-state index contributed by atoms with van der Waals surface area (Å²) in [6.07, 6.45) is 0.913. The lowest BCUT2D eigenvalue weighted by atomic mass is 10.1. The predicted octanol–water partition coefficient (Wildman–Crippen LogP) is 2.22. The van der Waals surface area contributed by atoms with Gasteiger partial charge < -0.3 is 10.1 Å². The first-order chi connectivity index (χ1) is 11.6. The Kier molecular flexibility index (Phi) is 4.71. The van der Waals surface area contributed by atoms with Crippen LogP contribution in [0, 0.1) is 0 Å². The van der Waals surface area contributed by atoms with E-state index in [1.54, 1.807) is 23.3 Å². The highest BCUT2D eigenvalue weighted by molar-refractivity contribution is 5.76. The van der Waals surface area contributed by atoms with Crippen LogP contribution in [0.25, 0.3) is 11.0 Å². The van der Waals surface area contributed by atoms with E-state index in [2.05, 4.69) is 23.5 Å². The normalized spacial score (nSPS) is 11.1. The molecule has 0 saturated carbocycles. The van der Waals surface area contributed by atoms with E-state index in [4.69, 9.17) is 4.74 Å². The van der Waals surface area contributed by atoms with E-state index in [1.165, 1.54) is 11.1 Å². The highest BCUT2D eigenvalue weighted by atomic mass is 16.5. The lowest BCUT2D eigenvalue weighted by molar-refractivity contribution is 0.409. The van der Waals surface area contributed by atoms with Gasteiger partial charge >= 0.3 is 5.69 Å². The molecule has 2 aromatic carbocycles. The maximum absolute atomic E-state index is 12.0. The van der Waals surface area contributed by atoms with Crippen molar-refractivity contribution in [3.63, 3.8) is 0 Å². The van der Waals surface area contributed by atoms with Crippen LogP contribution in [-0.2, 0) is 27.1 Å². The first-order valence-corrected chi connectivity index (χ1v) is 8.08. The van der Waals surface area contributed by atoms with Crippen LogP contribution >= 0.6 is 0 Å². The van der Waals surface area contributed by atoms with Crippen LogP contribution in [-0.4, -0.2) is 22.8 Å². The topological polar surface area (TPSA) is 48.2 Å². The van der Waals surface area contributed by atoms with Gasteiger partial charge in [0, 0.05) is 20.6 Å². The number of hydrogen-bond acceptors (Lipinski definition) is 3. The van der Waals surface area contributed by atoms with Crippen molar-refractivity contribution >= 4 is 11.0 Å². The van der Waals surface area contributed by atoms with E-state index >= 15 is 0 Å². The Labute approximate surface area is 141 Å². The van der Waals surface area contributed by atoms with Crippen LogP contribution in [0.1, 0.15) is 11.1 Å². The number of hydrogen-bond donors (Lipinski definition) is 1. The Balaban J connectivity index is 1.64. The monoisotopic (exact) mass is 325 g/mol. The number of imidazole rings is 1. The van der Waals surface area contributed by atoms with Gasteiger partial charge in [-0.2, -0.15) is 0 Å². The van der Waals surface area contributed by atoms with Gasteiger partial charge in [0.2, 0.25) is 0 Å². The van der Waals surface area contributed by atoms with Crippen molar-refractivity contribution in [1.29, 1.82) is 0 Å². The number of nitrogens with one attached hydrogen (secondary N) is 1. The van der Waals surface area contributed by atoms with E-state index in [-0.39, 0.29) is 5.69 Å².